The monoisotopic (exact) mass is 724 g/mol. The molecule has 3 aliphatic carbocycles. The fraction of sp³-hybridized carbons (Fsp3) is 0.349. The fourth-order valence-electron chi connectivity index (χ4n) is 6.36. The van der Waals surface area contributed by atoms with E-state index in [9.17, 15) is 0 Å². The molecule has 3 heteroatoms. The molecule has 0 fully saturated rings. The van der Waals surface area contributed by atoms with Crippen molar-refractivity contribution >= 4 is 36.9 Å². The number of rotatable bonds is 3. The molecule has 0 amide bonds. The third-order valence-corrected chi connectivity index (χ3v) is 11.0. The molecule has 4 aromatic rings. The Kier molecular flexibility index (Phi) is 12.4. The van der Waals surface area contributed by atoms with Crippen LogP contribution in [0.15, 0.2) is 90.5 Å². The van der Waals surface area contributed by atoms with Crippen LogP contribution in [-0.2, 0) is 35.1 Å². The zero-order valence-corrected chi connectivity index (χ0v) is 33.0. The molecule has 0 N–H and O–H groups in total. The summed E-state index contributed by atoms with van der Waals surface area (Å²) in [6, 6.07) is 22.5. The molecule has 0 radical (unpaired) electrons. The maximum Gasteiger partial charge on any atom is -1.00 e. The van der Waals surface area contributed by atoms with Crippen molar-refractivity contribution in [2.75, 3.05) is 0 Å². The molecule has 0 bridgehead atoms. The molecule has 1 atom stereocenters. The van der Waals surface area contributed by atoms with E-state index in [2.05, 4.69) is 166 Å². The molecule has 3 aliphatic rings. The van der Waals surface area contributed by atoms with Crippen molar-refractivity contribution in [2.45, 2.75) is 86.0 Å². The van der Waals surface area contributed by atoms with E-state index < -0.39 is 0 Å². The minimum absolute atomic E-state index is 0. The summed E-state index contributed by atoms with van der Waals surface area (Å²) in [5, 5.41) is 5.53. The summed E-state index contributed by atoms with van der Waals surface area (Å²) in [7, 11) is 0. The van der Waals surface area contributed by atoms with Crippen molar-refractivity contribution in [3.05, 3.63) is 124 Å². The van der Waals surface area contributed by atoms with E-state index in [4.69, 9.17) is 0 Å². The summed E-state index contributed by atoms with van der Waals surface area (Å²) in [6.45, 7) is 20.3. The van der Waals surface area contributed by atoms with Crippen LogP contribution in [0.4, 0.5) is 0 Å². The molecule has 4 aromatic carbocycles. The van der Waals surface area contributed by atoms with Gasteiger partial charge in [0.1, 0.15) is 0 Å². The van der Waals surface area contributed by atoms with Crippen molar-refractivity contribution in [3.63, 3.8) is 0 Å². The Balaban J connectivity index is 0.000000212. The molecule has 0 saturated carbocycles. The number of hydrogen-bond donors (Lipinski definition) is 0. The van der Waals surface area contributed by atoms with E-state index in [1.165, 1.54) is 92.0 Å². The van der Waals surface area contributed by atoms with Crippen LogP contribution < -0.4 is 24.8 Å². The van der Waals surface area contributed by atoms with Crippen molar-refractivity contribution in [1.82, 2.24) is 0 Å². The van der Waals surface area contributed by atoms with Gasteiger partial charge in [-0.3, -0.25) is 6.08 Å². The number of benzene rings is 3. The molecule has 0 aromatic heterocycles. The van der Waals surface area contributed by atoms with Crippen LogP contribution in [0.5, 0.6) is 0 Å². The second-order valence-corrected chi connectivity index (χ2v) is 16.2. The fourth-order valence-corrected chi connectivity index (χ4v) is 6.77. The van der Waals surface area contributed by atoms with Gasteiger partial charge in [0.2, 0.25) is 0 Å². The van der Waals surface area contributed by atoms with Gasteiger partial charge in [-0.25, -0.2) is 6.08 Å². The van der Waals surface area contributed by atoms with Gasteiger partial charge in [0, 0.05) is 10.8 Å². The predicted molar refractivity (Wildman–Crippen MR) is 191 cm³/mol. The standard InChI is InChI=1S/C23H21.C11H17.C9H10.2ClH.Zr/c1-22(2)7-5-14-10-18-16(12-20(14)22)9-17-13-21-15(11-19(17)18)6-8-23(21,3)4;1-5-9-6-7-10(8-9)11(2,3)4;1-2-6-9-7-4-3-5-8-9;;;/h5-13H,1-4H3;7-9H,5H2,1-4H3;3-5,7-8H,2H2,1H3;2*1H;/q2*-1;;;;+2/p-2. The summed E-state index contributed by atoms with van der Waals surface area (Å²) in [4.78, 5) is 0. The van der Waals surface area contributed by atoms with Crippen molar-refractivity contribution in [3.8, 4) is 0 Å². The summed E-state index contributed by atoms with van der Waals surface area (Å²) in [5.74, 6) is 0.573. The molecule has 240 valence electrons. The number of halogens is 2. The average molecular weight is 727 g/mol. The first kappa shape index (κ1) is 38.3. The third-order valence-electron chi connectivity index (χ3n) is 9.41. The Morgan fingerprint density at radius 2 is 1.30 bits per heavy atom. The second-order valence-electron chi connectivity index (χ2n) is 14.7. The molecule has 0 nitrogen and oxygen atoms in total. The van der Waals surface area contributed by atoms with Crippen molar-refractivity contribution in [1.29, 1.82) is 0 Å². The van der Waals surface area contributed by atoms with Gasteiger partial charge in [-0.2, -0.15) is 11.6 Å². The first-order valence-corrected chi connectivity index (χ1v) is 17.5. The normalized spacial score (nSPS) is 17.6. The Bertz CT molecular complexity index is 1730. The smallest absolute Gasteiger partial charge is 1.00 e. The minimum Gasteiger partial charge on any atom is -1.00 e. The Morgan fingerprint density at radius 3 is 1.70 bits per heavy atom. The van der Waals surface area contributed by atoms with Gasteiger partial charge < -0.3 is 24.8 Å². The van der Waals surface area contributed by atoms with Gasteiger partial charge in [0.05, 0.1) is 0 Å². The SMILES string of the molecule is CC1(C)C=Cc2cc3c(cc21)[cH-]c1cc2c(cc13)C=CC2(C)C.CCC1[C-]=CC(C(C)(C)C)=C1.CC[C](=[Zr+2])c1ccccc1.[Cl-].[Cl-]. The predicted octanol–water partition coefficient (Wildman–Crippen LogP) is 5.85. The van der Waals surface area contributed by atoms with E-state index in [0.717, 1.165) is 0 Å². The van der Waals surface area contributed by atoms with Gasteiger partial charge in [-0.05, 0) is 11.1 Å². The zero-order valence-electron chi connectivity index (χ0n) is 29.0. The van der Waals surface area contributed by atoms with Crippen LogP contribution in [0.2, 0.25) is 0 Å². The number of allylic oxidation sites excluding steroid dienone is 6. The molecular weight excluding hydrogens is 679 g/mol. The van der Waals surface area contributed by atoms with Crippen LogP contribution in [0.3, 0.4) is 0 Å². The summed E-state index contributed by atoms with van der Waals surface area (Å²) in [5.41, 5.74) is 9.11. The van der Waals surface area contributed by atoms with Crippen LogP contribution in [0.1, 0.15) is 103 Å². The van der Waals surface area contributed by atoms with Crippen LogP contribution in [0, 0.1) is 17.4 Å². The maximum atomic E-state index is 3.35. The van der Waals surface area contributed by atoms with Gasteiger partial charge >= 0.3 is 76.7 Å². The molecular formula is C43H48Cl2Zr-2. The van der Waals surface area contributed by atoms with Crippen LogP contribution >= 0.6 is 0 Å². The largest absolute Gasteiger partial charge is 1.00 e. The van der Waals surface area contributed by atoms with E-state index in [1.807, 2.05) is 0 Å². The van der Waals surface area contributed by atoms with Gasteiger partial charge in [-0.15, -0.1) is 39.7 Å². The maximum absolute atomic E-state index is 3.35. The van der Waals surface area contributed by atoms with E-state index in [-0.39, 0.29) is 35.6 Å². The molecule has 0 heterocycles. The van der Waals surface area contributed by atoms with E-state index in [1.54, 1.807) is 3.21 Å². The Morgan fingerprint density at radius 1 is 0.804 bits per heavy atom. The molecule has 7 rings (SSSR count). The van der Waals surface area contributed by atoms with Gasteiger partial charge in [0.15, 0.2) is 0 Å². The van der Waals surface area contributed by atoms with Crippen molar-refractivity contribution in [2.24, 2.45) is 11.3 Å². The molecule has 0 aliphatic heterocycles. The van der Waals surface area contributed by atoms with Gasteiger partial charge in [-0.1, -0.05) is 121 Å². The van der Waals surface area contributed by atoms with Crippen molar-refractivity contribution < 1.29 is 49.0 Å². The third kappa shape index (κ3) is 8.09. The van der Waals surface area contributed by atoms with E-state index >= 15 is 0 Å². The van der Waals surface area contributed by atoms with Gasteiger partial charge in [0.25, 0.3) is 0 Å². The Hall–Kier alpha value is -2.18. The quantitative estimate of drug-likeness (QED) is 0.233. The summed E-state index contributed by atoms with van der Waals surface area (Å²) in [6.07, 6.45) is 19.4. The number of hydrogen-bond acceptors (Lipinski definition) is 0. The molecule has 0 spiro atoms. The summed E-state index contributed by atoms with van der Waals surface area (Å²) < 4.78 is 1.55. The first-order chi connectivity index (χ1) is 20.7. The topological polar surface area (TPSA) is 0 Å². The summed E-state index contributed by atoms with van der Waals surface area (Å²) >= 11 is 1.54. The number of fused-ring (bicyclic) bond motifs is 5. The minimum atomic E-state index is 0. The van der Waals surface area contributed by atoms with E-state index in [0.29, 0.717) is 11.3 Å². The van der Waals surface area contributed by atoms with Crippen LogP contribution in [0.25, 0.3) is 33.7 Å². The van der Waals surface area contributed by atoms with Crippen LogP contribution in [-0.4, -0.2) is 3.21 Å². The Labute approximate surface area is 305 Å². The zero-order chi connectivity index (χ0) is 31.9. The first-order valence-electron chi connectivity index (χ1n) is 16.3. The molecule has 1 unspecified atom stereocenters. The molecule has 46 heavy (non-hydrogen) atoms. The second kappa shape index (κ2) is 14.9. The average Bonchev–Trinajstić information content (AvgIpc) is 3.76. The molecule has 0 saturated heterocycles.